The Bertz CT molecular complexity index is 433. The van der Waals surface area contributed by atoms with Gasteiger partial charge in [-0.05, 0) is 25.0 Å². The summed E-state index contributed by atoms with van der Waals surface area (Å²) in [6.45, 7) is 1.99. The van der Waals surface area contributed by atoms with Gasteiger partial charge in [-0.1, -0.05) is 18.5 Å². The number of carbonyl (C=O) groups is 2. The average Bonchev–Trinajstić information content (AvgIpc) is 2.82. The Hall–Kier alpha value is -0.910. The Labute approximate surface area is 121 Å². The van der Waals surface area contributed by atoms with E-state index in [1.807, 2.05) is 6.92 Å². The molecule has 0 radical (unpaired) electrons. The molecule has 6 heteroatoms. The summed E-state index contributed by atoms with van der Waals surface area (Å²) in [4.78, 5) is 24.0. The first-order chi connectivity index (χ1) is 9.06. The van der Waals surface area contributed by atoms with Crippen LogP contribution in [0.2, 0.25) is 4.34 Å². The molecule has 1 aromatic rings. The minimum Gasteiger partial charge on any atom is -0.396 e. The first-order valence-electron chi connectivity index (χ1n) is 6.25. The van der Waals surface area contributed by atoms with Crippen molar-refractivity contribution in [2.45, 2.75) is 38.6 Å². The molecule has 0 saturated heterocycles. The van der Waals surface area contributed by atoms with Crippen LogP contribution in [-0.2, 0) is 4.79 Å². The monoisotopic (exact) mass is 303 g/mol. The first-order valence-corrected chi connectivity index (χ1v) is 7.45. The molecule has 0 aliphatic rings. The highest BCUT2D eigenvalue weighted by atomic mass is 35.5. The molecule has 1 unspecified atom stereocenters. The minimum absolute atomic E-state index is 0.0243. The molecule has 0 spiro atoms. The quantitative estimate of drug-likeness (QED) is 0.726. The summed E-state index contributed by atoms with van der Waals surface area (Å²) in [6.07, 6.45) is 1.64. The van der Waals surface area contributed by atoms with Crippen molar-refractivity contribution in [3.63, 3.8) is 0 Å². The van der Waals surface area contributed by atoms with Gasteiger partial charge < -0.3 is 10.4 Å². The Morgan fingerprint density at radius 3 is 2.68 bits per heavy atom. The lowest BCUT2D eigenvalue weighted by Gasteiger charge is -2.15. The zero-order valence-electron chi connectivity index (χ0n) is 10.8. The summed E-state index contributed by atoms with van der Waals surface area (Å²) >= 11 is 6.98. The molecule has 0 aliphatic carbocycles. The van der Waals surface area contributed by atoms with Gasteiger partial charge in [0, 0.05) is 25.5 Å². The SMILES string of the molecule is CCC(CCO)NC(=O)CCC(=O)c1ccc(Cl)s1. The summed E-state index contributed by atoms with van der Waals surface area (Å²) in [5, 5.41) is 11.6. The summed E-state index contributed by atoms with van der Waals surface area (Å²) < 4.78 is 0.571. The normalized spacial score (nSPS) is 12.2. The topological polar surface area (TPSA) is 66.4 Å². The van der Waals surface area contributed by atoms with Crippen LogP contribution in [0.25, 0.3) is 0 Å². The van der Waals surface area contributed by atoms with Crippen LogP contribution < -0.4 is 5.32 Å². The fraction of sp³-hybridized carbons (Fsp3) is 0.538. The molecule has 0 bridgehead atoms. The number of aliphatic hydroxyl groups excluding tert-OH is 1. The van der Waals surface area contributed by atoms with Gasteiger partial charge in [-0.15, -0.1) is 11.3 Å². The molecule has 19 heavy (non-hydrogen) atoms. The van der Waals surface area contributed by atoms with Gasteiger partial charge in [0.25, 0.3) is 0 Å². The van der Waals surface area contributed by atoms with Gasteiger partial charge >= 0.3 is 0 Å². The zero-order chi connectivity index (χ0) is 14.3. The van der Waals surface area contributed by atoms with Crippen LogP contribution in [0.4, 0.5) is 0 Å². The van der Waals surface area contributed by atoms with E-state index in [9.17, 15) is 9.59 Å². The van der Waals surface area contributed by atoms with Gasteiger partial charge in [-0.25, -0.2) is 0 Å². The van der Waals surface area contributed by atoms with Crippen molar-refractivity contribution in [1.29, 1.82) is 0 Å². The van der Waals surface area contributed by atoms with Gasteiger partial charge in [0.15, 0.2) is 5.78 Å². The van der Waals surface area contributed by atoms with E-state index in [0.717, 1.165) is 6.42 Å². The molecule has 1 amide bonds. The number of rotatable bonds is 8. The largest absolute Gasteiger partial charge is 0.396 e. The molecule has 0 fully saturated rings. The number of carbonyl (C=O) groups excluding carboxylic acids is 2. The van der Waals surface area contributed by atoms with Gasteiger partial charge in [-0.2, -0.15) is 0 Å². The number of aliphatic hydroxyl groups is 1. The number of nitrogens with one attached hydrogen (secondary N) is 1. The Kier molecular flexibility index (Phi) is 7.05. The molecule has 2 N–H and O–H groups in total. The lowest BCUT2D eigenvalue weighted by Crippen LogP contribution is -2.35. The van der Waals surface area contributed by atoms with Crippen LogP contribution in [0, 0.1) is 0 Å². The third kappa shape index (κ3) is 5.72. The van der Waals surface area contributed by atoms with E-state index in [2.05, 4.69) is 5.32 Å². The average molecular weight is 304 g/mol. The van der Waals surface area contributed by atoms with Crippen LogP contribution in [0.15, 0.2) is 12.1 Å². The Morgan fingerprint density at radius 1 is 1.42 bits per heavy atom. The second-order valence-electron chi connectivity index (χ2n) is 4.21. The fourth-order valence-corrected chi connectivity index (χ4v) is 2.66. The molecule has 1 heterocycles. The van der Waals surface area contributed by atoms with Crippen LogP contribution in [0.1, 0.15) is 42.3 Å². The summed E-state index contributed by atoms with van der Waals surface area (Å²) in [6, 6.07) is 3.32. The van der Waals surface area contributed by atoms with Crippen molar-refractivity contribution in [1.82, 2.24) is 5.32 Å². The van der Waals surface area contributed by atoms with Gasteiger partial charge in [0.1, 0.15) is 0 Å². The van der Waals surface area contributed by atoms with Crippen LogP contribution in [0.3, 0.4) is 0 Å². The first kappa shape index (κ1) is 16.1. The summed E-state index contributed by atoms with van der Waals surface area (Å²) in [5.74, 6) is -0.224. The highest BCUT2D eigenvalue weighted by Crippen LogP contribution is 2.22. The van der Waals surface area contributed by atoms with E-state index >= 15 is 0 Å². The second kappa shape index (κ2) is 8.30. The summed E-state index contributed by atoms with van der Waals surface area (Å²) in [5.41, 5.74) is 0. The van der Waals surface area contributed by atoms with Gasteiger partial charge in [0.2, 0.25) is 5.91 Å². The number of Topliss-reactive ketones (excluding diaryl/α,β-unsaturated/α-hetero) is 1. The number of hydrogen-bond donors (Lipinski definition) is 2. The Morgan fingerprint density at radius 2 is 2.16 bits per heavy atom. The van der Waals surface area contributed by atoms with Crippen molar-refractivity contribution >= 4 is 34.6 Å². The number of amides is 1. The van der Waals surface area contributed by atoms with E-state index < -0.39 is 0 Å². The fourth-order valence-electron chi connectivity index (χ4n) is 1.65. The standard InChI is InChI=1S/C13H18ClNO3S/c1-2-9(7-8-16)15-13(18)6-3-10(17)11-4-5-12(14)19-11/h4-5,9,16H,2-3,6-8H2,1H3,(H,15,18). The maximum absolute atomic E-state index is 11.8. The zero-order valence-corrected chi connectivity index (χ0v) is 12.4. The highest BCUT2D eigenvalue weighted by molar-refractivity contribution is 7.18. The van der Waals surface area contributed by atoms with Crippen LogP contribution >= 0.6 is 22.9 Å². The molecule has 1 atom stereocenters. The smallest absolute Gasteiger partial charge is 0.220 e. The lowest BCUT2D eigenvalue weighted by atomic mass is 10.1. The number of halogens is 1. The maximum Gasteiger partial charge on any atom is 0.220 e. The van der Waals surface area contributed by atoms with E-state index in [1.54, 1.807) is 12.1 Å². The van der Waals surface area contributed by atoms with E-state index in [1.165, 1.54) is 11.3 Å². The predicted octanol–water partition coefficient (Wildman–Crippen LogP) is 2.64. The van der Waals surface area contributed by atoms with Crippen molar-refractivity contribution < 1.29 is 14.7 Å². The molecule has 0 aliphatic heterocycles. The molecule has 106 valence electrons. The van der Waals surface area contributed by atoms with Crippen molar-refractivity contribution in [2.24, 2.45) is 0 Å². The van der Waals surface area contributed by atoms with E-state index in [0.29, 0.717) is 15.6 Å². The van der Waals surface area contributed by atoms with E-state index in [4.69, 9.17) is 16.7 Å². The summed E-state index contributed by atoms with van der Waals surface area (Å²) in [7, 11) is 0. The van der Waals surface area contributed by atoms with E-state index in [-0.39, 0.29) is 37.2 Å². The minimum atomic E-state index is -0.156. The number of hydrogen-bond acceptors (Lipinski definition) is 4. The third-order valence-electron chi connectivity index (χ3n) is 2.76. The van der Waals surface area contributed by atoms with Crippen molar-refractivity contribution in [2.75, 3.05) is 6.61 Å². The van der Waals surface area contributed by atoms with Crippen molar-refractivity contribution in [3.8, 4) is 0 Å². The molecular formula is C13H18ClNO3S. The second-order valence-corrected chi connectivity index (χ2v) is 5.93. The molecule has 0 aromatic carbocycles. The molecule has 4 nitrogen and oxygen atoms in total. The van der Waals surface area contributed by atoms with Crippen molar-refractivity contribution in [3.05, 3.63) is 21.3 Å². The van der Waals surface area contributed by atoms with Crippen LogP contribution in [-0.4, -0.2) is 29.4 Å². The lowest BCUT2D eigenvalue weighted by molar-refractivity contribution is -0.121. The maximum atomic E-state index is 11.8. The highest BCUT2D eigenvalue weighted by Gasteiger charge is 2.13. The Balaban J connectivity index is 2.35. The molecule has 1 rings (SSSR count). The third-order valence-corrected chi connectivity index (χ3v) is 4.03. The number of thiophene rings is 1. The van der Waals surface area contributed by atoms with Gasteiger partial charge in [0.05, 0.1) is 9.21 Å². The van der Waals surface area contributed by atoms with Crippen LogP contribution in [0.5, 0.6) is 0 Å². The molecule has 0 saturated carbocycles. The van der Waals surface area contributed by atoms with Gasteiger partial charge in [-0.3, -0.25) is 9.59 Å². The predicted molar refractivity (Wildman–Crippen MR) is 76.8 cm³/mol. The molecule has 1 aromatic heterocycles. The number of ketones is 1. The molecular weight excluding hydrogens is 286 g/mol.